The molecule has 2 aromatic heterocycles. The molecule has 6 nitrogen and oxygen atoms in total. The van der Waals surface area contributed by atoms with Gasteiger partial charge in [-0.05, 0) is 24.3 Å². The van der Waals surface area contributed by atoms with Crippen LogP contribution in [0.4, 0.5) is 4.39 Å². The number of rotatable bonds is 7. The van der Waals surface area contributed by atoms with Gasteiger partial charge in [0.2, 0.25) is 5.78 Å². The first-order chi connectivity index (χ1) is 15.0. The highest BCUT2D eigenvalue weighted by atomic mass is 32.1. The standard InChI is InChI=1S/C22H17FN2O4S2/c1-28-18-7-6-12(8-19(18)29-2)21(27)24-9-17(26)16-11-31-22(25-16)14-10-30-20-13(14)4-3-5-15(20)23/h3-8,10-11H,9H2,1-2H3,(H,24,27). The molecule has 31 heavy (non-hydrogen) atoms. The van der Waals surface area contributed by atoms with E-state index in [2.05, 4.69) is 10.3 Å². The third kappa shape index (κ3) is 4.14. The zero-order valence-corrected chi connectivity index (χ0v) is 18.2. The normalized spacial score (nSPS) is 10.8. The first-order valence-corrected chi connectivity index (χ1v) is 10.9. The SMILES string of the molecule is COc1ccc(C(=O)NCC(=O)c2csc(-c3csc4c(F)cccc34)n2)cc1OC. The van der Waals surface area contributed by atoms with E-state index in [9.17, 15) is 14.0 Å². The summed E-state index contributed by atoms with van der Waals surface area (Å²) in [5.41, 5.74) is 1.39. The van der Waals surface area contributed by atoms with E-state index in [1.54, 1.807) is 29.6 Å². The molecule has 0 saturated carbocycles. The molecule has 2 aromatic carbocycles. The van der Waals surface area contributed by atoms with E-state index in [-0.39, 0.29) is 23.8 Å². The zero-order valence-electron chi connectivity index (χ0n) is 16.6. The molecule has 0 spiro atoms. The van der Waals surface area contributed by atoms with Crippen LogP contribution < -0.4 is 14.8 Å². The molecule has 9 heteroatoms. The molecule has 0 unspecified atom stereocenters. The molecular formula is C22H17FN2O4S2. The largest absolute Gasteiger partial charge is 0.493 e. The second-order valence-corrected chi connectivity index (χ2v) is 8.22. The summed E-state index contributed by atoms with van der Waals surface area (Å²) in [5, 5.41) is 7.47. The van der Waals surface area contributed by atoms with Crippen molar-refractivity contribution >= 4 is 44.5 Å². The number of fused-ring (bicyclic) bond motifs is 1. The molecule has 0 fully saturated rings. The van der Waals surface area contributed by atoms with Crippen LogP contribution in [0, 0.1) is 5.82 Å². The number of benzene rings is 2. The van der Waals surface area contributed by atoms with Crippen LogP contribution >= 0.6 is 22.7 Å². The van der Waals surface area contributed by atoms with Gasteiger partial charge in [0.15, 0.2) is 11.5 Å². The van der Waals surface area contributed by atoms with Gasteiger partial charge in [-0.2, -0.15) is 0 Å². The molecule has 4 aromatic rings. The molecule has 2 heterocycles. The van der Waals surface area contributed by atoms with Crippen LogP contribution in [0.25, 0.3) is 20.7 Å². The van der Waals surface area contributed by atoms with Gasteiger partial charge in [0.1, 0.15) is 16.5 Å². The first-order valence-electron chi connectivity index (χ1n) is 9.17. The Morgan fingerprint density at radius 3 is 2.65 bits per heavy atom. The maximum absolute atomic E-state index is 13.9. The average Bonchev–Trinajstić information content (AvgIpc) is 3.44. The Kier molecular flexibility index (Phi) is 5.97. The summed E-state index contributed by atoms with van der Waals surface area (Å²) in [4.78, 5) is 29.3. The summed E-state index contributed by atoms with van der Waals surface area (Å²) < 4.78 is 24.8. The summed E-state index contributed by atoms with van der Waals surface area (Å²) >= 11 is 2.61. The first kappa shape index (κ1) is 21.0. The molecule has 0 aliphatic rings. The number of hydrogen-bond acceptors (Lipinski definition) is 7. The van der Waals surface area contributed by atoms with Gasteiger partial charge in [-0.15, -0.1) is 22.7 Å². The molecule has 0 atom stereocenters. The van der Waals surface area contributed by atoms with Crippen LogP contribution in [0.1, 0.15) is 20.8 Å². The van der Waals surface area contributed by atoms with E-state index < -0.39 is 5.91 Å². The van der Waals surface area contributed by atoms with E-state index in [4.69, 9.17) is 9.47 Å². The topological polar surface area (TPSA) is 77.5 Å². The number of hydrogen-bond donors (Lipinski definition) is 1. The molecule has 4 rings (SSSR count). The summed E-state index contributed by atoms with van der Waals surface area (Å²) in [6.07, 6.45) is 0. The van der Waals surface area contributed by atoms with Crippen LogP contribution in [-0.4, -0.2) is 37.4 Å². The van der Waals surface area contributed by atoms with Crippen molar-refractivity contribution in [3.05, 3.63) is 64.2 Å². The third-order valence-corrected chi connectivity index (χ3v) is 6.51. The highest BCUT2D eigenvalue weighted by Crippen LogP contribution is 2.36. The van der Waals surface area contributed by atoms with Crippen molar-refractivity contribution < 1.29 is 23.5 Å². The van der Waals surface area contributed by atoms with Crippen LogP contribution in [0.15, 0.2) is 47.2 Å². The van der Waals surface area contributed by atoms with Gasteiger partial charge in [-0.1, -0.05) is 12.1 Å². The van der Waals surface area contributed by atoms with E-state index in [0.29, 0.717) is 26.8 Å². The number of ketones is 1. The molecule has 0 aliphatic carbocycles. The monoisotopic (exact) mass is 456 g/mol. The molecule has 158 valence electrons. The van der Waals surface area contributed by atoms with Crippen LogP contribution in [0.2, 0.25) is 0 Å². The van der Waals surface area contributed by atoms with E-state index >= 15 is 0 Å². The Morgan fingerprint density at radius 2 is 1.87 bits per heavy atom. The maximum Gasteiger partial charge on any atom is 0.251 e. The predicted octanol–water partition coefficient (Wildman–Crippen LogP) is 4.79. The number of carbonyl (C=O) groups excluding carboxylic acids is 2. The predicted molar refractivity (Wildman–Crippen MR) is 119 cm³/mol. The fraction of sp³-hybridized carbons (Fsp3) is 0.136. The molecule has 1 amide bonds. The minimum Gasteiger partial charge on any atom is -0.493 e. The fourth-order valence-electron chi connectivity index (χ4n) is 3.04. The van der Waals surface area contributed by atoms with E-state index in [1.807, 2.05) is 11.4 Å². The fourth-order valence-corrected chi connectivity index (χ4v) is 4.93. The van der Waals surface area contributed by atoms with Crippen LogP contribution in [0.5, 0.6) is 11.5 Å². The number of methoxy groups -OCH3 is 2. The second kappa shape index (κ2) is 8.83. The van der Waals surface area contributed by atoms with Crippen molar-refractivity contribution in [2.75, 3.05) is 20.8 Å². The van der Waals surface area contributed by atoms with Gasteiger partial charge in [-0.3, -0.25) is 9.59 Å². The number of halogens is 1. The number of ether oxygens (including phenoxy) is 2. The van der Waals surface area contributed by atoms with Gasteiger partial charge < -0.3 is 14.8 Å². The lowest BCUT2D eigenvalue weighted by Crippen LogP contribution is -2.29. The second-order valence-electron chi connectivity index (χ2n) is 6.48. The minimum absolute atomic E-state index is 0.199. The Hall–Kier alpha value is -3.30. The minimum atomic E-state index is -0.413. The molecule has 0 saturated heterocycles. The van der Waals surface area contributed by atoms with Crippen LogP contribution in [-0.2, 0) is 0 Å². The highest BCUT2D eigenvalue weighted by Gasteiger charge is 2.17. The summed E-state index contributed by atoms with van der Waals surface area (Å²) in [6, 6.07) is 9.65. The number of carbonyl (C=O) groups is 2. The molecule has 0 radical (unpaired) electrons. The Balaban J connectivity index is 1.46. The lowest BCUT2D eigenvalue weighted by atomic mass is 10.2. The number of thiazole rings is 1. The number of amides is 1. The third-order valence-electron chi connectivity index (χ3n) is 4.63. The van der Waals surface area contributed by atoms with Crippen molar-refractivity contribution in [2.45, 2.75) is 0 Å². The maximum atomic E-state index is 13.9. The number of nitrogens with zero attached hydrogens (tertiary/aromatic N) is 1. The zero-order chi connectivity index (χ0) is 22.0. The van der Waals surface area contributed by atoms with Crippen LogP contribution in [0.3, 0.4) is 0 Å². The smallest absolute Gasteiger partial charge is 0.251 e. The summed E-state index contributed by atoms with van der Waals surface area (Å²) in [7, 11) is 2.99. The van der Waals surface area contributed by atoms with Gasteiger partial charge in [0, 0.05) is 27.3 Å². The molecule has 1 N–H and O–H groups in total. The van der Waals surface area contributed by atoms with Crippen molar-refractivity contribution in [3.63, 3.8) is 0 Å². The summed E-state index contributed by atoms with van der Waals surface area (Å²) in [5.74, 6) is -0.0819. The summed E-state index contributed by atoms with van der Waals surface area (Å²) in [6.45, 7) is -0.199. The molecule has 0 aliphatic heterocycles. The lowest BCUT2D eigenvalue weighted by Gasteiger charge is -2.09. The quantitative estimate of drug-likeness (QED) is 0.405. The van der Waals surface area contributed by atoms with E-state index in [0.717, 1.165) is 10.9 Å². The highest BCUT2D eigenvalue weighted by molar-refractivity contribution is 7.19. The van der Waals surface area contributed by atoms with Crippen molar-refractivity contribution in [1.82, 2.24) is 10.3 Å². The van der Waals surface area contributed by atoms with Gasteiger partial charge >= 0.3 is 0 Å². The Labute approximate surface area is 185 Å². The molecular weight excluding hydrogens is 439 g/mol. The van der Waals surface area contributed by atoms with Gasteiger partial charge in [-0.25, -0.2) is 9.37 Å². The van der Waals surface area contributed by atoms with E-state index in [1.165, 1.54) is 43.0 Å². The molecule has 0 bridgehead atoms. The van der Waals surface area contributed by atoms with Crippen molar-refractivity contribution in [3.8, 4) is 22.1 Å². The number of Topliss-reactive ketones (excluding diaryl/α,β-unsaturated/α-hetero) is 1. The number of aromatic nitrogens is 1. The van der Waals surface area contributed by atoms with Crippen molar-refractivity contribution in [2.24, 2.45) is 0 Å². The average molecular weight is 457 g/mol. The Bertz CT molecular complexity index is 1280. The number of thiophene rings is 1. The van der Waals surface area contributed by atoms with Gasteiger partial charge in [0.25, 0.3) is 5.91 Å². The Morgan fingerprint density at radius 1 is 1.06 bits per heavy atom. The van der Waals surface area contributed by atoms with Gasteiger partial charge in [0.05, 0.1) is 25.5 Å². The number of nitrogens with one attached hydrogen (secondary N) is 1. The van der Waals surface area contributed by atoms with Crippen molar-refractivity contribution in [1.29, 1.82) is 0 Å². The lowest BCUT2D eigenvalue weighted by molar-refractivity contribution is 0.0902.